The second kappa shape index (κ2) is 10.7. The van der Waals surface area contributed by atoms with Crippen LogP contribution in [0.15, 0.2) is 6.07 Å². The summed E-state index contributed by atoms with van der Waals surface area (Å²) in [6.07, 6.45) is 2.75. The first-order valence-corrected chi connectivity index (χ1v) is 14.5. The molecule has 2 aliphatic rings. The third kappa shape index (κ3) is 6.54. The highest BCUT2D eigenvalue weighted by atomic mass is 32.1. The zero-order valence-corrected chi connectivity index (χ0v) is 25.3. The van der Waals surface area contributed by atoms with Gasteiger partial charge >= 0.3 is 12.1 Å². The van der Waals surface area contributed by atoms with E-state index in [2.05, 4.69) is 15.2 Å². The number of esters is 1. The first-order chi connectivity index (χ1) is 18.1. The Morgan fingerprint density at radius 2 is 2.00 bits per heavy atom. The number of nitrogens with zero attached hydrogens (tertiary/aromatic N) is 3. The first-order valence-electron chi connectivity index (χ1n) is 13.7. The molecule has 39 heavy (non-hydrogen) atoms. The second-order valence-corrected chi connectivity index (χ2v) is 13.7. The lowest BCUT2D eigenvalue weighted by Gasteiger charge is -2.38. The van der Waals surface area contributed by atoms with Gasteiger partial charge in [0, 0.05) is 37.6 Å². The van der Waals surface area contributed by atoms with Gasteiger partial charge in [-0.15, -0.1) is 0 Å². The molecule has 0 saturated carbocycles. The largest absolute Gasteiger partial charge is 0.459 e. The quantitative estimate of drug-likeness (QED) is 0.465. The molecule has 1 unspecified atom stereocenters. The number of anilines is 1. The number of hydrogen-bond acceptors (Lipinski definition) is 8. The predicted octanol–water partition coefficient (Wildman–Crippen LogP) is 5.53. The van der Waals surface area contributed by atoms with Gasteiger partial charge in [-0.1, -0.05) is 11.3 Å². The van der Waals surface area contributed by atoms with Crippen LogP contribution in [0.2, 0.25) is 0 Å². The van der Waals surface area contributed by atoms with Crippen LogP contribution in [0.4, 0.5) is 9.80 Å². The summed E-state index contributed by atoms with van der Waals surface area (Å²) in [5.74, 6) is -0.244. The maximum Gasteiger partial charge on any atom is 0.412 e. The highest BCUT2D eigenvalue weighted by Crippen LogP contribution is 2.46. The van der Waals surface area contributed by atoms with Crippen molar-refractivity contribution in [3.05, 3.63) is 22.9 Å². The Balaban J connectivity index is 1.46. The summed E-state index contributed by atoms with van der Waals surface area (Å²) in [4.78, 5) is 48.4. The number of likely N-dealkylation sites (tertiary alicyclic amines) is 1. The highest BCUT2D eigenvalue weighted by Gasteiger charge is 2.54. The lowest BCUT2D eigenvalue weighted by molar-refractivity contribution is -0.154. The van der Waals surface area contributed by atoms with Gasteiger partial charge in [-0.3, -0.25) is 14.9 Å². The Bertz CT molecular complexity index is 1280. The van der Waals surface area contributed by atoms with Gasteiger partial charge in [0.1, 0.15) is 21.0 Å². The van der Waals surface area contributed by atoms with Crippen LogP contribution >= 0.6 is 11.3 Å². The van der Waals surface area contributed by atoms with Gasteiger partial charge in [0.2, 0.25) is 0 Å². The standard InChI is InChI=1S/C29H42N4O5S/c1-18-15-20-21(23(39-22(20)30-19(18)2)31-26(36)38-27(3,4)5)24(34)32(8)12-10-14-33-13-9-11-29(17-33)16-28(6,7)37-25(29)35/h15H,9-14,16-17H2,1-8H3,(H,31,36). The number of fused-ring (bicyclic) bond motifs is 1. The molecule has 0 aliphatic carbocycles. The number of cyclic esters (lactones) is 1. The molecule has 1 spiro atoms. The minimum absolute atomic E-state index is 0.0713. The molecule has 214 valence electrons. The number of ether oxygens (including phenoxy) is 2. The van der Waals surface area contributed by atoms with E-state index in [1.807, 2.05) is 33.8 Å². The Hall–Kier alpha value is -2.72. The number of thiophene rings is 1. The summed E-state index contributed by atoms with van der Waals surface area (Å²) in [6.45, 7) is 16.2. The molecular formula is C29H42N4O5S. The van der Waals surface area contributed by atoms with Gasteiger partial charge in [0.25, 0.3) is 5.91 Å². The van der Waals surface area contributed by atoms with Gasteiger partial charge in [-0.25, -0.2) is 9.78 Å². The number of rotatable bonds is 6. The fraction of sp³-hybridized carbons (Fsp3) is 0.655. The lowest BCUT2D eigenvalue weighted by atomic mass is 9.75. The molecule has 1 atom stereocenters. The third-order valence-electron chi connectivity index (χ3n) is 7.49. The number of aryl methyl sites for hydroxylation is 2. The Kier molecular flexibility index (Phi) is 8.02. The predicted molar refractivity (Wildman–Crippen MR) is 153 cm³/mol. The summed E-state index contributed by atoms with van der Waals surface area (Å²) >= 11 is 1.28. The second-order valence-electron chi connectivity index (χ2n) is 12.7. The molecular weight excluding hydrogens is 516 g/mol. The number of nitrogens with one attached hydrogen (secondary N) is 1. The van der Waals surface area contributed by atoms with E-state index in [1.165, 1.54) is 11.3 Å². The minimum atomic E-state index is -0.662. The maximum absolute atomic E-state index is 13.7. The van der Waals surface area contributed by atoms with Crippen molar-refractivity contribution in [2.24, 2.45) is 5.41 Å². The van der Waals surface area contributed by atoms with E-state index in [0.29, 0.717) is 28.5 Å². The molecule has 0 aromatic carbocycles. The van der Waals surface area contributed by atoms with Crippen molar-refractivity contribution in [2.45, 2.75) is 85.4 Å². The molecule has 2 amide bonds. The minimum Gasteiger partial charge on any atom is -0.459 e. The van der Waals surface area contributed by atoms with Crippen molar-refractivity contribution in [2.75, 3.05) is 38.5 Å². The summed E-state index contributed by atoms with van der Waals surface area (Å²) in [5, 5.41) is 3.96. The van der Waals surface area contributed by atoms with Crippen molar-refractivity contribution in [1.82, 2.24) is 14.8 Å². The van der Waals surface area contributed by atoms with E-state index < -0.39 is 22.7 Å². The molecule has 0 bridgehead atoms. The zero-order valence-electron chi connectivity index (χ0n) is 24.5. The number of amides is 2. The van der Waals surface area contributed by atoms with Crippen LogP contribution in [0.3, 0.4) is 0 Å². The first kappa shape index (κ1) is 29.3. The van der Waals surface area contributed by atoms with Gasteiger partial charge < -0.3 is 19.3 Å². The topological polar surface area (TPSA) is 101 Å². The van der Waals surface area contributed by atoms with Gasteiger partial charge in [0.05, 0.1) is 11.0 Å². The number of carbonyl (C=O) groups is 3. The van der Waals surface area contributed by atoms with Crippen molar-refractivity contribution < 1.29 is 23.9 Å². The summed E-state index contributed by atoms with van der Waals surface area (Å²) in [5.41, 5.74) is 0.816. The average Bonchev–Trinajstić information content (AvgIpc) is 3.23. The molecule has 4 rings (SSSR count). The maximum atomic E-state index is 13.7. The molecule has 0 radical (unpaired) electrons. The van der Waals surface area contributed by atoms with Crippen molar-refractivity contribution >= 4 is 44.5 Å². The SMILES string of the molecule is Cc1cc2c(C(=O)N(C)CCCN3CCCC4(C3)CC(C)(C)OC4=O)c(NC(=O)OC(C)(C)C)sc2nc1C. The normalized spacial score (nSPS) is 21.3. The zero-order chi connectivity index (χ0) is 28.8. The Labute approximate surface area is 235 Å². The summed E-state index contributed by atoms with van der Waals surface area (Å²) in [7, 11) is 1.78. The van der Waals surface area contributed by atoms with Gasteiger partial charge in [-0.2, -0.15) is 0 Å². The van der Waals surface area contributed by atoms with Crippen molar-refractivity contribution in [1.29, 1.82) is 0 Å². The summed E-state index contributed by atoms with van der Waals surface area (Å²) in [6, 6.07) is 1.96. The Morgan fingerprint density at radius 1 is 1.28 bits per heavy atom. The molecule has 9 nitrogen and oxygen atoms in total. The fourth-order valence-corrected chi connectivity index (χ4v) is 6.82. The van der Waals surface area contributed by atoms with Crippen LogP contribution < -0.4 is 5.32 Å². The number of carbonyl (C=O) groups excluding carboxylic acids is 3. The van der Waals surface area contributed by atoms with Crippen LogP contribution in [0.25, 0.3) is 10.2 Å². The van der Waals surface area contributed by atoms with Crippen molar-refractivity contribution in [3.8, 4) is 0 Å². The smallest absolute Gasteiger partial charge is 0.412 e. The lowest BCUT2D eigenvalue weighted by Crippen LogP contribution is -2.46. The van der Waals surface area contributed by atoms with E-state index in [1.54, 1.807) is 32.7 Å². The molecule has 4 heterocycles. The average molecular weight is 559 g/mol. The molecule has 2 saturated heterocycles. The van der Waals surface area contributed by atoms with E-state index in [0.717, 1.165) is 55.4 Å². The Morgan fingerprint density at radius 3 is 2.64 bits per heavy atom. The summed E-state index contributed by atoms with van der Waals surface area (Å²) < 4.78 is 11.1. The van der Waals surface area contributed by atoms with Crippen LogP contribution in [0.1, 0.15) is 81.9 Å². The number of pyridine rings is 1. The number of piperidine rings is 1. The third-order valence-corrected chi connectivity index (χ3v) is 8.51. The molecule has 2 fully saturated rings. The van der Waals surface area contributed by atoms with E-state index in [9.17, 15) is 14.4 Å². The van der Waals surface area contributed by atoms with Crippen LogP contribution in [-0.4, -0.2) is 77.2 Å². The van der Waals surface area contributed by atoms with E-state index in [-0.39, 0.29) is 11.9 Å². The van der Waals surface area contributed by atoms with E-state index in [4.69, 9.17) is 9.47 Å². The van der Waals surface area contributed by atoms with Crippen molar-refractivity contribution in [3.63, 3.8) is 0 Å². The molecule has 2 aromatic rings. The van der Waals surface area contributed by atoms with Gasteiger partial charge in [-0.05, 0) is 92.4 Å². The monoisotopic (exact) mass is 558 g/mol. The molecule has 10 heteroatoms. The molecule has 2 aromatic heterocycles. The van der Waals surface area contributed by atoms with Crippen LogP contribution in [-0.2, 0) is 14.3 Å². The number of aromatic nitrogens is 1. The van der Waals surface area contributed by atoms with Gasteiger partial charge in [0.15, 0.2) is 0 Å². The molecule has 2 aliphatic heterocycles. The van der Waals surface area contributed by atoms with Crippen LogP contribution in [0.5, 0.6) is 0 Å². The van der Waals surface area contributed by atoms with E-state index >= 15 is 0 Å². The highest BCUT2D eigenvalue weighted by molar-refractivity contribution is 7.23. The number of hydrogen-bond donors (Lipinski definition) is 1. The molecule has 1 N–H and O–H groups in total. The van der Waals surface area contributed by atoms with Crippen LogP contribution in [0, 0.1) is 19.3 Å². The fourth-order valence-electron chi connectivity index (χ4n) is 5.74.